The number of para-hydroxylation sites is 5. The SMILES string of the molecule is O=P1(c2ccccc2)c2c(-c3cc(-c4ccccc4)cc(-c4ccccc4)c3)cccc2-n2c(-c3ccccc3)nc3cccc1c32.O=P1(c2ccccc2)c2c(-c3ccc(-n4c5ccccc5c5ccccc54)cc3)cccc2-n2c(-c3ccccc3)nc3cccc1c32.O=P1(c2ccccc2)c2c(-c3nc(-c4ccccc4)nc(-c4ccccc4)n3)cccc2-n2c(-c3ccccc3)nc3cccc1c32. The molecule has 25 aromatic rings. The minimum absolute atomic E-state index is 0.461. The second-order valence-corrected chi connectivity index (χ2v) is 43.7. The monoisotopic (exact) mass is 1880 g/mol. The molecular formula is C126H83N10O3P3. The molecule has 5 aromatic heterocycles. The zero-order valence-electron chi connectivity index (χ0n) is 76.5. The lowest BCUT2D eigenvalue weighted by atomic mass is 9.93. The first-order valence-electron chi connectivity index (χ1n) is 47.5. The van der Waals surface area contributed by atoms with Crippen LogP contribution in [0.1, 0.15) is 0 Å². The summed E-state index contributed by atoms with van der Waals surface area (Å²) in [6.45, 7) is 0. The van der Waals surface area contributed by atoms with Gasteiger partial charge in [-0.2, -0.15) is 0 Å². The van der Waals surface area contributed by atoms with Gasteiger partial charge in [0.25, 0.3) is 0 Å². The Kier molecular flexibility index (Phi) is 20.8. The van der Waals surface area contributed by atoms with E-state index in [-0.39, 0.29) is 0 Å². The van der Waals surface area contributed by atoms with E-state index in [1.165, 1.54) is 21.8 Å². The molecule has 3 aliphatic heterocycles. The van der Waals surface area contributed by atoms with E-state index in [1.807, 2.05) is 291 Å². The van der Waals surface area contributed by atoms with E-state index in [2.05, 4.69) is 231 Å². The van der Waals surface area contributed by atoms with Crippen molar-refractivity contribution < 1.29 is 13.7 Å². The fourth-order valence-corrected chi connectivity index (χ4v) is 30.9. The van der Waals surface area contributed by atoms with Crippen LogP contribution in [0.25, 0.3) is 190 Å². The molecule has 0 aliphatic carbocycles. The molecule has 670 valence electrons. The number of hydrogen-bond donors (Lipinski definition) is 0. The summed E-state index contributed by atoms with van der Waals surface area (Å²) in [7, 11) is -10.2. The zero-order chi connectivity index (χ0) is 94.6. The Morgan fingerprint density at radius 3 is 0.810 bits per heavy atom. The molecule has 13 nitrogen and oxygen atoms in total. The normalized spacial score (nSPS) is 15.1. The summed E-state index contributed by atoms with van der Waals surface area (Å²) in [4.78, 5) is 30.5. The summed E-state index contributed by atoms with van der Waals surface area (Å²) in [5.41, 5.74) is 25.1. The molecule has 3 aliphatic rings. The maximum atomic E-state index is 16.3. The van der Waals surface area contributed by atoms with Crippen molar-refractivity contribution >= 4 is 124 Å². The third-order valence-electron chi connectivity index (χ3n) is 27.6. The van der Waals surface area contributed by atoms with Crippen LogP contribution in [0.2, 0.25) is 0 Å². The van der Waals surface area contributed by atoms with Gasteiger partial charge in [-0.05, 0) is 142 Å². The average molecular weight is 1880 g/mol. The van der Waals surface area contributed by atoms with Crippen LogP contribution in [-0.2, 0) is 13.7 Å². The quantitative estimate of drug-likeness (QED) is 0.0970. The van der Waals surface area contributed by atoms with E-state index in [9.17, 15) is 0 Å². The predicted octanol–water partition coefficient (Wildman–Crippen LogP) is 26.9. The molecule has 0 spiro atoms. The molecule has 16 heteroatoms. The highest BCUT2D eigenvalue weighted by Crippen LogP contribution is 2.57. The lowest BCUT2D eigenvalue weighted by Crippen LogP contribution is -2.34. The van der Waals surface area contributed by atoms with Gasteiger partial charge in [-0.15, -0.1) is 0 Å². The second kappa shape index (κ2) is 34.8. The van der Waals surface area contributed by atoms with Gasteiger partial charge in [0.15, 0.2) is 38.9 Å². The molecule has 0 N–H and O–H groups in total. The van der Waals surface area contributed by atoms with Crippen molar-refractivity contribution in [1.82, 2.24) is 48.2 Å². The molecule has 8 heterocycles. The molecule has 0 saturated heterocycles. The van der Waals surface area contributed by atoms with Gasteiger partial charge in [0.1, 0.15) is 17.5 Å². The van der Waals surface area contributed by atoms with Crippen LogP contribution in [0.4, 0.5) is 0 Å². The van der Waals surface area contributed by atoms with Crippen LogP contribution < -0.4 is 47.7 Å². The van der Waals surface area contributed by atoms with Crippen molar-refractivity contribution in [3.63, 3.8) is 0 Å². The number of aromatic nitrogens is 10. The lowest BCUT2D eigenvalue weighted by Gasteiger charge is -2.31. The Hall–Kier alpha value is -17.7. The van der Waals surface area contributed by atoms with Crippen molar-refractivity contribution in [1.29, 1.82) is 0 Å². The van der Waals surface area contributed by atoms with E-state index >= 15 is 13.7 Å². The first-order valence-corrected chi connectivity index (χ1v) is 52.6. The van der Waals surface area contributed by atoms with Gasteiger partial charge in [-0.3, -0.25) is 13.7 Å². The largest absolute Gasteiger partial charge is 0.309 e. The Morgan fingerprint density at radius 2 is 0.458 bits per heavy atom. The molecule has 142 heavy (non-hydrogen) atoms. The van der Waals surface area contributed by atoms with Crippen molar-refractivity contribution in [3.8, 4) is 136 Å². The van der Waals surface area contributed by atoms with Crippen molar-refractivity contribution in [3.05, 3.63) is 504 Å². The summed E-state index contributed by atoms with van der Waals surface area (Å²) in [6, 6.07) is 171. The Bertz CT molecular complexity index is 8900. The lowest BCUT2D eigenvalue weighted by molar-refractivity contribution is 0.591. The summed E-state index contributed by atoms with van der Waals surface area (Å²) in [6.07, 6.45) is 0. The molecule has 0 bridgehead atoms. The van der Waals surface area contributed by atoms with Gasteiger partial charge in [0.2, 0.25) is 0 Å². The second-order valence-electron chi connectivity index (χ2n) is 35.7. The summed E-state index contributed by atoms with van der Waals surface area (Å²) >= 11 is 0. The topological polar surface area (TPSA) is 148 Å². The van der Waals surface area contributed by atoms with Gasteiger partial charge < -0.3 is 18.3 Å². The van der Waals surface area contributed by atoms with E-state index in [1.54, 1.807) is 0 Å². The van der Waals surface area contributed by atoms with Crippen molar-refractivity contribution in [2.75, 3.05) is 0 Å². The molecule has 0 saturated carbocycles. The Morgan fingerprint density at radius 1 is 0.183 bits per heavy atom. The van der Waals surface area contributed by atoms with Gasteiger partial charge >= 0.3 is 0 Å². The Balaban J connectivity index is 0.000000109. The standard InChI is InChI=1S/C43H28N3OP.C43H29N2OP.C40H26N5OP/c47-48(32-15-5-2-6-16-32)40-24-12-20-36-41(40)46(43(44-36)30-13-3-1-4-14-30)39-23-11-19-33(42(39)48)29-25-27-31(28-26-29)45-37-21-9-7-17-34(37)35-18-8-10-22-38(35)45;46-47(36-21-11-4-12-22-36)40-26-14-24-38-41(40)45(43(44-38)32-19-9-3-10-20-32)39-25-13-23-37(42(39)47)35-28-33(30-15-5-1-6-16-30)27-34(29-35)31-17-7-2-8-18-31;46-47(30-21-11-4-12-22-30)34-26-14-24-32-35(34)45(40(41-32)29-19-9-3-10-20-29)33-25-13-23-31(36(33)47)39-43-37(27-15-5-1-6-16-27)42-38(44-39)28-17-7-2-8-18-28/h1-28H;1-29H;1-26H. The van der Waals surface area contributed by atoms with E-state index < -0.39 is 21.4 Å². The van der Waals surface area contributed by atoms with Gasteiger partial charge in [-0.25, -0.2) is 29.9 Å². The van der Waals surface area contributed by atoms with Crippen LogP contribution >= 0.6 is 21.4 Å². The highest BCUT2D eigenvalue weighted by Gasteiger charge is 2.46. The first-order chi connectivity index (χ1) is 70.1. The molecule has 0 radical (unpaired) electrons. The van der Waals surface area contributed by atoms with Crippen molar-refractivity contribution in [2.24, 2.45) is 0 Å². The summed E-state index contributed by atoms with van der Waals surface area (Å²) < 4.78 is 57.5. The molecule has 3 unspecified atom stereocenters. The van der Waals surface area contributed by atoms with E-state index in [0.717, 1.165) is 188 Å². The van der Waals surface area contributed by atoms with Crippen LogP contribution in [0.15, 0.2) is 504 Å². The minimum Gasteiger partial charge on any atom is -0.309 e. The Labute approximate surface area is 819 Å². The van der Waals surface area contributed by atoms with Crippen LogP contribution in [0.3, 0.4) is 0 Å². The number of fused-ring (bicyclic) bond motifs is 9. The molecule has 3 atom stereocenters. The maximum Gasteiger partial charge on any atom is 0.175 e. The van der Waals surface area contributed by atoms with Crippen LogP contribution in [0, 0.1) is 0 Å². The summed E-state index contributed by atoms with van der Waals surface area (Å²) in [5, 5.41) is 9.61. The first kappa shape index (κ1) is 84.8. The smallest absolute Gasteiger partial charge is 0.175 e. The number of imidazole rings is 3. The molecular weight excluding hydrogens is 1790 g/mol. The zero-order valence-corrected chi connectivity index (χ0v) is 79.1. The predicted molar refractivity (Wildman–Crippen MR) is 584 cm³/mol. The fourth-order valence-electron chi connectivity index (χ4n) is 21.3. The highest BCUT2D eigenvalue weighted by molar-refractivity contribution is 7.87. The highest BCUT2D eigenvalue weighted by atomic mass is 31.2. The van der Waals surface area contributed by atoms with Crippen molar-refractivity contribution in [2.45, 2.75) is 0 Å². The third-order valence-corrected chi connectivity index (χ3v) is 37.1. The van der Waals surface area contributed by atoms with Gasteiger partial charge in [-0.1, -0.05) is 406 Å². The maximum absolute atomic E-state index is 16.3. The summed E-state index contributed by atoms with van der Waals surface area (Å²) in [5.74, 6) is 4.03. The third kappa shape index (κ3) is 13.9. The van der Waals surface area contributed by atoms with Gasteiger partial charge in [0.05, 0.1) is 77.1 Å². The number of rotatable bonds is 14. The molecule has 28 rings (SSSR count). The van der Waals surface area contributed by atoms with Crippen LogP contribution in [-0.4, -0.2) is 48.2 Å². The molecule has 20 aromatic carbocycles. The van der Waals surface area contributed by atoms with Crippen LogP contribution in [0.5, 0.6) is 0 Å². The average Bonchev–Trinajstić information content (AvgIpc) is 1.52. The van der Waals surface area contributed by atoms with E-state index in [4.69, 9.17) is 29.9 Å². The minimum atomic E-state index is -3.48. The number of hydrogen-bond acceptors (Lipinski definition) is 9. The number of nitrogens with zero attached hydrogens (tertiary/aromatic N) is 10. The van der Waals surface area contributed by atoms with E-state index in [0.29, 0.717) is 28.3 Å². The molecule has 0 fully saturated rings. The molecule has 0 amide bonds. The number of benzene rings is 20. The van der Waals surface area contributed by atoms with Gasteiger partial charge in [0, 0.05) is 81.7 Å². The fraction of sp³-hybridized carbons (Fsp3) is 0.